The van der Waals surface area contributed by atoms with E-state index in [2.05, 4.69) is 18.7 Å². The molecule has 14 heavy (non-hydrogen) atoms. The molecule has 1 saturated heterocycles. The lowest BCUT2D eigenvalue weighted by Gasteiger charge is -2.39. The Hall–Kier alpha value is -0.570. The van der Waals surface area contributed by atoms with Crippen LogP contribution in [0.25, 0.3) is 0 Å². The highest BCUT2D eigenvalue weighted by molar-refractivity contribution is 5.72. The fourth-order valence-corrected chi connectivity index (χ4v) is 2.23. The van der Waals surface area contributed by atoms with Gasteiger partial charge >= 0.3 is 5.97 Å². The molecule has 3 unspecified atom stereocenters. The molecule has 0 aromatic heterocycles. The first-order valence-corrected chi connectivity index (χ1v) is 5.54. The predicted octanol–water partition coefficient (Wildman–Crippen LogP) is 1.97. The first-order chi connectivity index (χ1) is 6.56. The van der Waals surface area contributed by atoms with Gasteiger partial charge in [0.2, 0.25) is 0 Å². The van der Waals surface area contributed by atoms with E-state index in [9.17, 15) is 4.79 Å². The van der Waals surface area contributed by atoms with Gasteiger partial charge in [-0.2, -0.15) is 0 Å². The Morgan fingerprint density at radius 2 is 2.21 bits per heavy atom. The number of likely N-dealkylation sites (tertiary alicyclic amines) is 1. The lowest BCUT2D eigenvalue weighted by atomic mass is 9.90. The summed E-state index contributed by atoms with van der Waals surface area (Å²) in [6.45, 7) is 7.05. The van der Waals surface area contributed by atoms with Gasteiger partial charge in [-0.1, -0.05) is 13.3 Å². The van der Waals surface area contributed by atoms with E-state index in [4.69, 9.17) is 5.11 Å². The average Bonchev–Trinajstić information content (AvgIpc) is 2.17. The third-order valence-corrected chi connectivity index (χ3v) is 3.46. The summed E-state index contributed by atoms with van der Waals surface area (Å²) in [7, 11) is 0. The van der Waals surface area contributed by atoms with Crippen LogP contribution < -0.4 is 0 Å². The summed E-state index contributed by atoms with van der Waals surface area (Å²) in [5.41, 5.74) is 0. The smallest absolute Gasteiger partial charge is 0.320 e. The van der Waals surface area contributed by atoms with Crippen LogP contribution in [0.15, 0.2) is 0 Å². The SMILES string of the molecule is CCC1CCC(C)N(C(C)C(=O)O)C1. The van der Waals surface area contributed by atoms with Crippen molar-refractivity contribution in [2.45, 2.75) is 52.1 Å². The molecule has 0 aromatic rings. The zero-order chi connectivity index (χ0) is 10.7. The molecule has 1 aliphatic rings. The molecule has 1 aliphatic heterocycles. The molecule has 3 heteroatoms. The van der Waals surface area contributed by atoms with Crippen LogP contribution >= 0.6 is 0 Å². The Labute approximate surface area is 86.1 Å². The van der Waals surface area contributed by atoms with Crippen LogP contribution in [-0.4, -0.2) is 34.6 Å². The van der Waals surface area contributed by atoms with E-state index in [1.807, 2.05) is 0 Å². The van der Waals surface area contributed by atoms with Gasteiger partial charge in [0.05, 0.1) is 0 Å². The van der Waals surface area contributed by atoms with Gasteiger partial charge in [0, 0.05) is 12.6 Å². The van der Waals surface area contributed by atoms with Gasteiger partial charge in [-0.15, -0.1) is 0 Å². The summed E-state index contributed by atoms with van der Waals surface area (Å²) in [6, 6.07) is 0.0863. The first-order valence-electron chi connectivity index (χ1n) is 5.54. The average molecular weight is 199 g/mol. The molecule has 0 bridgehead atoms. The summed E-state index contributed by atoms with van der Waals surface area (Å²) >= 11 is 0. The molecular weight excluding hydrogens is 178 g/mol. The highest BCUT2D eigenvalue weighted by atomic mass is 16.4. The van der Waals surface area contributed by atoms with Crippen molar-refractivity contribution < 1.29 is 9.90 Å². The number of rotatable bonds is 3. The van der Waals surface area contributed by atoms with Crippen LogP contribution in [0.4, 0.5) is 0 Å². The van der Waals surface area contributed by atoms with Crippen molar-refractivity contribution in [2.24, 2.45) is 5.92 Å². The van der Waals surface area contributed by atoms with Gasteiger partial charge in [-0.25, -0.2) is 0 Å². The molecule has 0 saturated carbocycles. The quantitative estimate of drug-likeness (QED) is 0.755. The number of carboxylic acids is 1. The molecule has 3 atom stereocenters. The molecule has 82 valence electrons. The minimum atomic E-state index is -0.700. The standard InChI is InChI=1S/C11H21NO2/c1-4-10-6-5-8(2)12(7-10)9(3)11(13)14/h8-10H,4-7H2,1-3H3,(H,13,14). The van der Waals surface area contributed by atoms with Crippen molar-refractivity contribution >= 4 is 5.97 Å². The predicted molar refractivity (Wildman–Crippen MR) is 56.3 cm³/mol. The molecule has 1 fully saturated rings. The maximum atomic E-state index is 10.9. The number of hydrogen-bond donors (Lipinski definition) is 1. The van der Waals surface area contributed by atoms with Crippen LogP contribution in [0.5, 0.6) is 0 Å². The van der Waals surface area contributed by atoms with E-state index >= 15 is 0 Å². The summed E-state index contributed by atoms with van der Waals surface area (Å²) < 4.78 is 0. The van der Waals surface area contributed by atoms with Crippen molar-refractivity contribution in [3.05, 3.63) is 0 Å². The molecule has 1 rings (SSSR count). The maximum Gasteiger partial charge on any atom is 0.320 e. The van der Waals surface area contributed by atoms with E-state index in [-0.39, 0.29) is 6.04 Å². The number of carbonyl (C=O) groups is 1. The number of carboxylic acid groups (broad SMARTS) is 1. The number of hydrogen-bond acceptors (Lipinski definition) is 2. The highest BCUT2D eigenvalue weighted by Gasteiger charge is 2.30. The zero-order valence-electron chi connectivity index (χ0n) is 9.36. The van der Waals surface area contributed by atoms with E-state index in [1.165, 1.54) is 6.42 Å². The third kappa shape index (κ3) is 2.47. The fourth-order valence-electron chi connectivity index (χ4n) is 2.23. The molecule has 0 spiro atoms. The molecule has 0 aromatic carbocycles. The second kappa shape index (κ2) is 4.78. The summed E-state index contributed by atoms with van der Waals surface area (Å²) in [5, 5.41) is 8.97. The normalized spacial score (nSPS) is 31.4. The molecule has 1 N–H and O–H groups in total. The number of nitrogens with zero attached hydrogens (tertiary/aromatic N) is 1. The monoisotopic (exact) mass is 199 g/mol. The van der Waals surface area contributed by atoms with Crippen molar-refractivity contribution in [2.75, 3.05) is 6.54 Å². The maximum absolute atomic E-state index is 10.9. The van der Waals surface area contributed by atoms with Gasteiger partial charge in [-0.05, 0) is 32.6 Å². The second-order valence-electron chi connectivity index (χ2n) is 4.41. The Balaban J connectivity index is 2.60. The lowest BCUT2D eigenvalue weighted by molar-refractivity contribution is -0.144. The van der Waals surface area contributed by atoms with Crippen molar-refractivity contribution in [1.82, 2.24) is 4.90 Å². The number of piperidine rings is 1. The first kappa shape index (κ1) is 11.5. The van der Waals surface area contributed by atoms with E-state index < -0.39 is 5.97 Å². The van der Waals surface area contributed by atoms with Crippen LogP contribution in [0.2, 0.25) is 0 Å². The molecule has 0 radical (unpaired) electrons. The molecular formula is C11H21NO2. The van der Waals surface area contributed by atoms with Crippen LogP contribution in [-0.2, 0) is 4.79 Å². The van der Waals surface area contributed by atoms with Gasteiger partial charge in [0.1, 0.15) is 6.04 Å². The third-order valence-electron chi connectivity index (χ3n) is 3.46. The van der Waals surface area contributed by atoms with Gasteiger partial charge < -0.3 is 5.11 Å². The summed E-state index contributed by atoms with van der Waals surface area (Å²) in [4.78, 5) is 13.0. The highest BCUT2D eigenvalue weighted by Crippen LogP contribution is 2.25. The lowest BCUT2D eigenvalue weighted by Crippen LogP contribution is -2.49. The molecule has 3 nitrogen and oxygen atoms in total. The largest absolute Gasteiger partial charge is 0.480 e. The van der Waals surface area contributed by atoms with Crippen LogP contribution in [0, 0.1) is 5.92 Å². The van der Waals surface area contributed by atoms with Gasteiger partial charge in [0.25, 0.3) is 0 Å². The van der Waals surface area contributed by atoms with E-state index in [0.717, 1.165) is 19.4 Å². The molecule has 0 aliphatic carbocycles. The van der Waals surface area contributed by atoms with Crippen molar-refractivity contribution in [3.8, 4) is 0 Å². The van der Waals surface area contributed by atoms with E-state index in [1.54, 1.807) is 6.92 Å². The summed E-state index contributed by atoms with van der Waals surface area (Å²) in [5.74, 6) is -0.0124. The van der Waals surface area contributed by atoms with Gasteiger partial charge in [0.15, 0.2) is 0 Å². The van der Waals surface area contributed by atoms with Crippen LogP contribution in [0.1, 0.15) is 40.0 Å². The molecule has 0 amide bonds. The van der Waals surface area contributed by atoms with Crippen LogP contribution in [0.3, 0.4) is 0 Å². The molecule has 1 heterocycles. The van der Waals surface area contributed by atoms with Gasteiger partial charge in [-0.3, -0.25) is 9.69 Å². The minimum Gasteiger partial charge on any atom is -0.480 e. The number of aliphatic carboxylic acids is 1. The zero-order valence-corrected chi connectivity index (χ0v) is 9.36. The Morgan fingerprint density at radius 3 is 2.71 bits per heavy atom. The second-order valence-corrected chi connectivity index (χ2v) is 4.41. The van der Waals surface area contributed by atoms with Crippen molar-refractivity contribution in [3.63, 3.8) is 0 Å². The Kier molecular flexibility index (Phi) is 3.93. The van der Waals surface area contributed by atoms with E-state index in [0.29, 0.717) is 12.0 Å². The topological polar surface area (TPSA) is 40.5 Å². The summed E-state index contributed by atoms with van der Waals surface area (Å²) in [6.07, 6.45) is 3.55. The fraction of sp³-hybridized carbons (Fsp3) is 0.909. The van der Waals surface area contributed by atoms with Crippen molar-refractivity contribution in [1.29, 1.82) is 0 Å². The minimum absolute atomic E-state index is 0.334. The Morgan fingerprint density at radius 1 is 1.57 bits per heavy atom. The Bertz CT molecular complexity index is 205.